The smallest absolute Gasteiger partial charge is 0.320 e. The SMILES string of the molecule is C/C(=C/C1(C(=O)OCc2ccccc2)CCCC2(C(=O)OCc3ccccc3)CC(=O)OC12)CC(C)C. The lowest BCUT2D eigenvalue weighted by molar-refractivity contribution is -0.182. The van der Waals surface area contributed by atoms with E-state index < -0.39 is 34.8 Å². The Morgan fingerprint density at radius 2 is 1.51 bits per heavy atom. The van der Waals surface area contributed by atoms with Gasteiger partial charge in [-0.2, -0.15) is 0 Å². The van der Waals surface area contributed by atoms with Gasteiger partial charge in [0.2, 0.25) is 0 Å². The first-order valence-electron chi connectivity index (χ1n) is 13.1. The molecular formula is C31H36O6. The Labute approximate surface area is 219 Å². The number of rotatable bonds is 9. The highest BCUT2D eigenvalue weighted by atomic mass is 16.6. The molecule has 0 radical (unpaired) electrons. The zero-order valence-electron chi connectivity index (χ0n) is 21.9. The lowest BCUT2D eigenvalue weighted by Crippen LogP contribution is -2.56. The van der Waals surface area contributed by atoms with E-state index in [0.29, 0.717) is 25.2 Å². The first-order chi connectivity index (χ1) is 17.7. The molecule has 0 amide bonds. The molecule has 6 nitrogen and oxygen atoms in total. The number of hydrogen-bond donors (Lipinski definition) is 0. The van der Waals surface area contributed by atoms with Crippen molar-refractivity contribution in [2.45, 2.75) is 72.2 Å². The van der Waals surface area contributed by atoms with Crippen molar-refractivity contribution in [3.05, 3.63) is 83.4 Å². The second-order valence-electron chi connectivity index (χ2n) is 10.8. The molecule has 1 heterocycles. The van der Waals surface area contributed by atoms with Gasteiger partial charge in [-0.15, -0.1) is 0 Å². The molecule has 4 rings (SSSR count). The quantitative estimate of drug-likeness (QED) is 0.239. The lowest BCUT2D eigenvalue weighted by atomic mass is 9.58. The standard InChI is InChI=1S/C31H36O6/c1-22(2)17-23(3)18-30(28(33)35-20-24-11-6-4-7-12-24)15-10-16-31(19-26(32)37-27(30)31)29(34)36-21-25-13-8-5-9-14-25/h4-9,11-14,18,22,27H,10,15-17,19-21H2,1-3H3/b23-18-. The normalized spacial score (nSPS) is 25.4. The van der Waals surface area contributed by atoms with Crippen LogP contribution in [-0.2, 0) is 41.8 Å². The molecule has 0 spiro atoms. The Bertz CT molecular complexity index is 1140. The average molecular weight is 505 g/mol. The summed E-state index contributed by atoms with van der Waals surface area (Å²) in [4.78, 5) is 40.3. The molecular weight excluding hydrogens is 468 g/mol. The van der Waals surface area contributed by atoms with E-state index >= 15 is 0 Å². The molecule has 196 valence electrons. The fraction of sp³-hybridized carbons (Fsp3) is 0.452. The largest absolute Gasteiger partial charge is 0.460 e. The summed E-state index contributed by atoms with van der Waals surface area (Å²) >= 11 is 0. The molecule has 3 unspecified atom stereocenters. The Morgan fingerprint density at radius 3 is 2.08 bits per heavy atom. The maximum atomic E-state index is 13.9. The van der Waals surface area contributed by atoms with Gasteiger partial charge in [-0.25, -0.2) is 0 Å². The molecule has 2 aliphatic rings. The van der Waals surface area contributed by atoms with Crippen LogP contribution < -0.4 is 0 Å². The third kappa shape index (κ3) is 5.79. The van der Waals surface area contributed by atoms with E-state index in [1.54, 1.807) is 0 Å². The van der Waals surface area contributed by atoms with Gasteiger partial charge in [0, 0.05) is 0 Å². The second kappa shape index (κ2) is 11.3. The number of esters is 3. The molecule has 2 aromatic rings. The van der Waals surface area contributed by atoms with E-state index in [1.165, 1.54) is 0 Å². The molecule has 2 aromatic carbocycles. The Kier molecular flexibility index (Phi) is 8.16. The molecule has 0 aromatic heterocycles. The monoisotopic (exact) mass is 504 g/mol. The topological polar surface area (TPSA) is 78.9 Å². The maximum absolute atomic E-state index is 13.9. The number of fused-ring (bicyclic) bond motifs is 1. The third-order valence-electron chi connectivity index (χ3n) is 7.34. The second-order valence-corrected chi connectivity index (χ2v) is 10.8. The van der Waals surface area contributed by atoms with Crippen LogP contribution in [0.2, 0.25) is 0 Å². The molecule has 6 heteroatoms. The number of allylic oxidation sites excluding steroid dienone is 1. The van der Waals surface area contributed by atoms with Crippen LogP contribution in [0.3, 0.4) is 0 Å². The van der Waals surface area contributed by atoms with E-state index in [2.05, 4.69) is 13.8 Å². The summed E-state index contributed by atoms with van der Waals surface area (Å²) < 4.78 is 17.4. The Balaban J connectivity index is 1.67. The highest BCUT2D eigenvalue weighted by molar-refractivity contribution is 5.91. The van der Waals surface area contributed by atoms with Crippen LogP contribution in [0.4, 0.5) is 0 Å². The van der Waals surface area contributed by atoms with Crippen molar-refractivity contribution in [1.29, 1.82) is 0 Å². The zero-order valence-corrected chi connectivity index (χ0v) is 21.9. The van der Waals surface area contributed by atoms with Crippen LogP contribution in [0, 0.1) is 16.7 Å². The molecule has 1 saturated heterocycles. The van der Waals surface area contributed by atoms with Crippen LogP contribution in [-0.4, -0.2) is 24.0 Å². The van der Waals surface area contributed by atoms with Crippen molar-refractivity contribution >= 4 is 17.9 Å². The summed E-state index contributed by atoms with van der Waals surface area (Å²) in [5.41, 5.74) is 0.227. The highest BCUT2D eigenvalue weighted by Gasteiger charge is 2.67. The van der Waals surface area contributed by atoms with Gasteiger partial charge in [-0.1, -0.05) is 92.6 Å². The zero-order chi connectivity index (χ0) is 26.5. The van der Waals surface area contributed by atoms with Crippen molar-refractivity contribution in [2.24, 2.45) is 16.7 Å². The Morgan fingerprint density at radius 1 is 0.946 bits per heavy atom. The Hall–Kier alpha value is -3.41. The number of ether oxygens (including phenoxy) is 3. The van der Waals surface area contributed by atoms with Gasteiger partial charge in [0.25, 0.3) is 0 Å². The van der Waals surface area contributed by atoms with Gasteiger partial charge in [0.05, 0.1) is 6.42 Å². The maximum Gasteiger partial charge on any atom is 0.320 e. The molecule has 37 heavy (non-hydrogen) atoms. The van der Waals surface area contributed by atoms with Gasteiger partial charge in [-0.05, 0) is 43.2 Å². The van der Waals surface area contributed by atoms with Gasteiger partial charge in [-0.3, -0.25) is 14.4 Å². The molecule has 0 N–H and O–H groups in total. The molecule has 0 bridgehead atoms. The predicted octanol–water partition coefficient (Wildman–Crippen LogP) is 5.94. The van der Waals surface area contributed by atoms with Crippen LogP contribution in [0.5, 0.6) is 0 Å². The van der Waals surface area contributed by atoms with E-state index in [9.17, 15) is 14.4 Å². The average Bonchev–Trinajstić information content (AvgIpc) is 3.25. The molecule has 1 saturated carbocycles. The van der Waals surface area contributed by atoms with Crippen molar-refractivity contribution in [2.75, 3.05) is 0 Å². The minimum atomic E-state index is -1.26. The minimum absolute atomic E-state index is 0.0933. The third-order valence-corrected chi connectivity index (χ3v) is 7.34. The fourth-order valence-corrected chi connectivity index (χ4v) is 5.85. The number of carbonyl (C=O) groups excluding carboxylic acids is 3. The van der Waals surface area contributed by atoms with E-state index in [-0.39, 0.29) is 19.6 Å². The summed E-state index contributed by atoms with van der Waals surface area (Å²) in [5, 5.41) is 0. The summed E-state index contributed by atoms with van der Waals surface area (Å²) in [6, 6.07) is 18.9. The lowest BCUT2D eigenvalue weighted by Gasteiger charge is -2.45. The summed E-state index contributed by atoms with van der Waals surface area (Å²) in [7, 11) is 0. The van der Waals surface area contributed by atoms with Crippen LogP contribution >= 0.6 is 0 Å². The molecule has 3 atom stereocenters. The van der Waals surface area contributed by atoms with Crippen molar-refractivity contribution in [3.63, 3.8) is 0 Å². The van der Waals surface area contributed by atoms with Gasteiger partial charge >= 0.3 is 17.9 Å². The van der Waals surface area contributed by atoms with Crippen LogP contribution in [0.25, 0.3) is 0 Å². The van der Waals surface area contributed by atoms with Crippen LogP contribution in [0.1, 0.15) is 64.0 Å². The first-order valence-corrected chi connectivity index (χ1v) is 13.1. The number of benzene rings is 2. The summed E-state index contributed by atoms with van der Waals surface area (Å²) in [6.07, 6.45) is 3.02. The van der Waals surface area contributed by atoms with Crippen molar-refractivity contribution in [3.8, 4) is 0 Å². The van der Waals surface area contributed by atoms with Crippen molar-refractivity contribution < 1.29 is 28.6 Å². The van der Waals surface area contributed by atoms with E-state index in [4.69, 9.17) is 14.2 Å². The number of hydrogen-bond acceptors (Lipinski definition) is 6. The first kappa shape index (κ1) is 26.6. The van der Waals surface area contributed by atoms with E-state index in [1.807, 2.05) is 73.7 Å². The fourth-order valence-electron chi connectivity index (χ4n) is 5.85. The molecule has 1 aliphatic carbocycles. The van der Waals surface area contributed by atoms with Gasteiger partial charge in [0.15, 0.2) is 0 Å². The molecule has 2 fully saturated rings. The van der Waals surface area contributed by atoms with E-state index in [0.717, 1.165) is 23.1 Å². The van der Waals surface area contributed by atoms with Gasteiger partial charge in [0.1, 0.15) is 30.1 Å². The van der Waals surface area contributed by atoms with Crippen LogP contribution in [0.15, 0.2) is 72.3 Å². The van der Waals surface area contributed by atoms with Gasteiger partial charge < -0.3 is 14.2 Å². The predicted molar refractivity (Wildman–Crippen MR) is 139 cm³/mol. The summed E-state index contributed by atoms with van der Waals surface area (Å²) in [5.74, 6) is -1.08. The minimum Gasteiger partial charge on any atom is -0.460 e. The number of carbonyl (C=O) groups is 3. The summed E-state index contributed by atoms with van der Waals surface area (Å²) in [6.45, 7) is 6.40. The van der Waals surface area contributed by atoms with Crippen molar-refractivity contribution in [1.82, 2.24) is 0 Å². The highest BCUT2D eigenvalue weighted by Crippen LogP contribution is 2.56. The molecule has 1 aliphatic heterocycles.